The molecule has 1 aliphatic heterocycles. The van der Waals surface area contributed by atoms with Crippen LogP contribution in [0.3, 0.4) is 0 Å². The minimum atomic E-state index is -0.00189. The van der Waals surface area contributed by atoms with E-state index in [-0.39, 0.29) is 12.5 Å². The van der Waals surface area contributed by atoms with Gasteiger partial charge in [0.25, 0.3) is 0 Å². The lowest BCUT2D eigenvalue weighted by Gasteiger charge is -2.21. The summed E-state index contributed by atoms with van der Waals surface area (Å²) >= 11 is 1.67. The largest absolute Gasteiger partial charge is 0.452 e. The number of thiophene rings is 1. The zero-order valence-electron chi connectivity index (χ0n) is 19.2. The molecule has 1 N–H and O–H groups in total. The molecule has 1 saturated carbocycles. The normalized spacial score (nSPS) is 17.8. The van der Waals surface area contributed by atoms with Crippen LogP contribution in [0.1, 0.15) is 61.9 Å². The summed E-state index contributed by atoms with van der Waals surface area (Å²) in [4.78, 5) is 10.1. The van der Waals surface area contributed by atoms with Crippen LogP contribution in [0.4, 0.5) is 0 Å². The molecule has 1 saturated heterocycles. The molecule has 8 heteroatoms. The minimum absolute atomic E-state index is 0.00189. The smallest absolute Gasteiger partial charge is 0.168 e. The van der Waals surface area contributed by atoms with Crippen molar-refractivity contribution < 1.29 is 14.6 Å². The van der Waals surface area contributed by atoms with Gasteiger partial charge in [-0.2, -0.15) is 5.10 Å². The SMILES string of the molecule is CC(CO)c1cc(-c2cc3nccc(Oc4cn(C5CC5)nc4C4CCOCC4)c3s2)ccn1. The van der Waals surface area contributed by atoms with E-state index in [1.54, 1.807) is 23.7 Å². The molecule has 2 aliphatic rings. The van der Waals surface area contributed by atoms with E-state index in [1.807, 2.05) is 19.1 Å². The summed E-state index contributed by atoms with van der Waals surface area (Å²) in [6, 6.07) is 8.60. The zero-order valence-corrected chi connectivity index (χ0v) is 20.0. The standard InChI is InChI=1S/C26H28N4O3S/c1-16(15-31)20-12-18(4-8-27-20)24-13-21-26(34-24)22(5-9-28-21)33-23-14-30(19-2-3-19)29-25(23)17-6-10-32-11-7-17/h4-5,8-9,12-14,16-17,19,31H,2-3,6-7,10-11,15H2,1H3. The van der Waals surface area contributed by atoms with E-state index in [9.17, 15) is 5.11 Å². The fraction of sp³-hybridized carbons (Fsp3) is 0.423. The number of pyridine rings is 2. The van der Waals surface area contributed by atoms with Crippen LogP contribution in [0, 0.1) is 0 Å². The molecule has 1 atom stereocenters. The Bertz CT molecular complexity index is 1310. The van der Waals surface area contributed by atoms with Crippen molar-refractivity contribution in [1.29, 1.82) is 0 Å². The number of nitrogens with zero attached hydrogens (tertiary/aromatic N) is 4. The highest BCUT2D eigenvalue weighted by atomic mass is 32.1. The first-order valence-corrected chi connectivity index (χ1v) is 12.8. The highest BCUT2D eigenvalue weighted by molar-refractivity contribution is 7.22. The Balaban J connectivity index is 1.35. The van der Waals surface area contributed by atoms with Crippen LogP contribution in [-0.4, -0.2) is 44.7 Å². The average molecular weight is 477 g/mol. The number of aliphatic hydroxyl groups is 1. The molecule has 6 rings (SSSR count). The fourth-order valence-electron chi connectivity index (χ4n) is 4.47. The van der Waals surface area contributed by atoms with Gasteiger partial charge in [0.15, 0.2) is 5.75 Å². The molecule has 0 radical (unpaired) electrons. The van der Waals surface area contributed by atoms with E-state index >= 15 is 0 Å². The third kappa shape index (κ3) is 4.21. The molecule has 1 aliphatic carbocycles. The Morgan fingerprint density at radius 2 is 1.94 bits per heavy atom. The van der Waals surface area contributed by atoms with E-state index in [4.69, 9.17) is 14.6 Å². The van der Waals surface area contributed by atoms with E-state index in [0.29, 0.717) is 12.0 Å². The molecule has 0 spiro atoms. The van der Waals surface area contributed by atoms with Gasteiger partial charge in [-0.05, 0) is 49.4 Å². The van der Waals surface area contributed by atoms with E-state index in [1.165, 1.54) is 12.8 Å². The first kappa shape index (κ1) is 21.7. The summed E-state index contributed by atoms with van der Waals surface area (Å²) in [6.45, 7) is 3.60. The predicted octanol–water partition coefficient (Wildman–Crippen LogP) is 5.67. The van der Waals surface area contributed by atoms with Crippen LogP contribution in [0.15, 0.2) is 42.9 Å². The van der Waals surface area contributed by atoms with Gasteiger partial charge in [-0.1, -0.05) is 6.92 Å². The molecule has 1 unspecified atom stereocenters. The van der Waals surface area contributed by atoms with Gasteiger partial charge in [-0.25, -0.2) is 0 Å². The van der Waals surface area contributed by atoms with Gasteiger partial charge >= 0.3 is 0 Å². The number of rotatable bonds is 7. The van der Waals surface area contributed by atoms with E-state index in [0.717, 1.165) is 69.6 Å². The molecule has 7 nitrogen and oxygen atoms in total. The van der Waals surface area contributed by atoms with Gasteiger partial charge in [0.1, 0.15) is 11.4 Å². The number of hydrogen-bond donors (Lipinski definition) is 1. The second kappa shape index (κ2) is 9.09. The molecule has 34 heavy (non-hydrogen) atoms. The van der Waals surface area contributed by atoms with Crippen LogP contribution < -0.4 is 4.74 Å². The second-order valence-electron chi connectivity index (χ2n) is 9.27. The summed E-state index contributed by atoms with van der Waals surface area (Å²) in [5.41, 5.74) is 3.92. The van der Waals surface area contributed by atoms with Gasteiger partial charge in [0, 0.05) is 54.1 Å². The summed E-state index contributed by atoms with van der Waals surface area (Å²) in [7, 11) is 0. The van der Waals surface area contributed by atoms with Crippen molar-refractivity contribution in [2.45, 2.75) is 50.5 Å². The fourth-order valence-corrected chi connectivity index (χ4v) is 5.53. The number of hydrogen-bond acceptors (Lipinski definition) is 7. The third-order valence-corrected chi connectivity index (χ3v) is 7.88. The minimum Gasteiger partial charge on any atom is -0.452 e. The molecule has 176 valence electrons. The quantitative estimate of drug-likeness (QED) is 0.370. The van der Waals surface area contributed by atoms with Crippen molar-refractivity contribution in [3.8, 4) is 21.9 Å². The topological polar surface area (TPSA) is 82.3 Å². The number of ether oxygens (including phenoxy) is 2. The van der Waals surface area contributed by atoms with Gasteiger partial charge in [-0.3, -0.25) is 14.6 Å². The Morgan fingerprint density at radius 1 is 1.12 bits per heavy atom. The second-order valence-corrected chi connectivity index (χ2v) is 10.3. The molecular formula is C26H28N4O3S. The van der Waals surface area contributed by atoms with Crippen molar-refractivity contribution in [3.63, 3.8) is 0 Å². The Morgan fingerprint density at radius 3 is 2.74 bits per heavy atom. The maximum Gasteiger partial charge on any atom is 0.168 e. The lowest BCUT2D eigenvalue weighted by Crippen LogP contribution is -2.15. The van der Waals surface area contributed by atoms with Crippen LogP contribution in [0.5, 0.6) is 11.5 Å². The molecule has 0 aromatic carbocycles. The highest BCUT2D eigenvalue weighted by Crippen LogP contribution is 2.43. The summed E-state index contributed by atoms with van der Waals surface area (Å²) in [5.74, 6) is 2.02. The van der Waals surface area contributed by atoms with Gasteiger partial charge in [-0.15, -0.1) is 11.3 Å². The summed E-state index contributed by atoms with van der Waals surface area (Å²) < 4.78 is 15.3. The molecule has 0 amide bonds. The molecule has 4 aromatic heterocycles. The number of aromatic nitrogens is 4. The third-order valence-electron chi connectivity index (χ3n) is 6.69. The van der Waals surface area contributed by atoms with Crippen molar-refractivity contribution in [3.05, 3.63) is 54.2 Å². The lowest BCUT2D eigenvalue weighted by atomic mass is 9.96. The lowest BCUT2D eigenvalue weighted by molar-refractivity contribution is 0.0839. The van der Waals surface area contributed by atoms with E-state index < -0.39 is 0 Å². The molecule has 4 aromatic rings. The average Bonchev–Trinajstić information content (AvgIpc) is 3.50. The van der Waals surface area contributed by atoms with Crippen molar-refractivity contribution >= 4 is 21.6 Å². The number of aliphatic hydroxyl groups excluding tert-OH is 1. The van der Waals surface area contributed by atoms with Crippen LogP contribution in [0.2, 0.25) is 0 Å². The maximum atomic E-state index is 9.52. The molecular weight excluding hydrogens is 448 g/mol. The first-order valence-electron chi connectivity index (χ1n) is 12.0. The van der Waals surface area contributed by atoms with E-state index in [2.05, 4.69) is 33.0 Å². The highest BCUT2D eigenvalue weighted by Gasteiger charge is 2.30. The summed E-state index contributed by atoms with van der Waals surface area (Å²) in [6.07, 6.45) is 10.0. The van der Waals surface area contributed by atoms with Gasteiger partial charge in [0.05, 0.1) is 29.1 Å². The Hall–Kier alpha value is -2.81. The van der Waals surface area contributed by atoms with Crippen molar-refractivity contribution in [2.24, 2.45) is 0 Å². The first-order chi connectivity index (χ1) is 16.7. The monoisotopic (exact) mass is 476 g/mol. The predicted molar refractivity (Wildman–Crippen MR) is 132 cm³/mol. The zero-order chi connectivity index (χ0) is 23.1. The summed E-state index contributed by atoms with van der Waals surface area (Å²) in [5, 5.41) is 14.5. The van der Waals surface area contributed by atoms with Crippen LogP contribution in [0.25, 0.3) is 20.7 Å². The maximum absolute atomic E-state index is 9.52. The van der Waals surface area contributed by atoms with Crippen LogP contribution in [-0.2, 0) is 4.74 Å². The van der Waals surface area contributed by atoms with Crippen LogP contribution >= 0.6 is 11.3 Å². The Labute approximate surface area is 202 Å². The van der Waals surface area contributed by atoms with Gasteiger partial charge < -0.3 is 14.6 Å². The molecule has 5 heterocycles. The number of fused-ring (bicyclic) bond motifs is 1. The van der Waals surface area contributed by atoms with Crippen molar-refractivity contribution in [2.75, 3.05) is 19.8 Å². The molecule has 2 fully saturated rings. The van der Waals surface area contributed by atoms with Gasteiger partial charge in [0.2, 0.25) is 0 Å². The van der Waals surface area contributed by atoms with Crippen molar-refractivity contribution in [1.82, 2.24) is 19.7 Å². The molecule has 0 bridgehead atoms. The Kier molecular flexibility index (Phi) is 5.80.